The summed E-state index contributed by atoms with van der Waals surface area (Å²) in [6.07, 6.45) is 0. The molecule has 3 aromatic carbocycles. The van der Waals surface area contributed by atoms with E-state index in [1.54, 1.807) is 48.7 Å². The molecule has 1 fully saturated rings. The summed E-state index contributed by atoms with van der Waals surface area (Å²) in [7, 11) is 0. The van der Waals surface area contributed by atoms with Crippen molar-refractivity contribution in [1.29, 1.82) is 0 Å². The smallest absolute Gasteiger partial charge is 0.252 e. The molecule has 0 aromatic heterocycles. The Morgan fingerprint density at radius 3 is 2.41 bits per heavy atom. The lowest BCUT2D eigenvalue weighted by molar-refractivity contribution is -0.121. The molecule has 6 nitrogen and oxygen atoms in total. The van der Waals surface area contributed by atoms with E-state index in [1.165, 1.54) is 0 Å². The Morgan fingerprint density at radius 1 is 0.971 bits per heavy atom. The van der Waals surface area contributed by atoms with E-state index >= 15 is 0 Å². The molecule has 1 aliphatic heterocycles. The molecule has 1 aliphatic rings. The van der Waals surface area contributed by atoms with Gasteiger partial charge in [0.2, 0.25) is 11.8 Å². The predicted octanol–water partition coefficient (Wildman–Crippen LogP) is 4.92. The van der Waals surface area contributed by atoms with Crippen molar-refractivity contribution < 1.29 is 14.4 Å². The third-order valence-corrected chi connectivity index (χ3v) is 6.94. The Morgan fingerprint density at radius 2 is 1.68 bits per heavy atom. The lowest BCUT2D eigenvalue weighted by Crippen LogP contribution is -2.52. The molecule has 3 amide bonds. The number of rotatable bonds is 6. The Labute approximate surface area is 203 Å². The average molecular weight is 474 g/mol. The first-order valence-corrected chi connectivity index (χ1v) is 12.1. The van der Waals surface area contributed by atoms with Crippen LogP contribution in [0.2, 0.25) is 0 Å². The SMILES string of the molecule is Cc1ccccc1NC(=O)C(C)(C)NC(=O)c1cccc(N2C(=O)CS[C@@H]2c2ccccc2)c1. The molecule has 4 rings (SSSR count). The van der Waals surface area contributed by atoms with E-state index in [9.17, 15) is 14.4 Å². The molecule has 174 valence electrons. The summed E-state index contributed by atoms with van der Waals surface area (Å²) in [6.45, 7) is 5.23. The zero-order valence-corrected chi connectivity index (χ0v) is 20.2. The topological polar surface area (TPSA) is 78.5 Å². The van der Waals surface area contributed by atoms with E-state index < -0.39 is 5.54 Å². The second kappa shape index (κ2) is 9.73. The minimum atomic E-state index is -1.15. The average Bonchev–Trinajstić information content (AvgIpc) is 3.22. The third kappa shape index (κ3) is 4.99. The van der Waals surface area contributed by atoms with Crippen LogP contribution in [0.5, 0.6) is 0 Å². The molecule has 1 atom stereocenters. The van der Waals surface area contributed by atoms with E-state index in [1.807, 2.05) is 67.6 Å². The molecule has 0 spiro atoms. The van der Waals surface area contributed by atoms with Gasteiger partial charge in [0, 0.05) is 16.9 Å². The minimum absolute atomic E-state index is 0.00523. The number of hydrogen-bond acceptors (Lipinski definition) is 4. The second-order valence-corrected chi connectivity index (χ2v) is 9.80. The van der Waals surface area contributed by atoms with Crippen LogP contribution in [0.15, 0.2) is 78.9 Å². The molecule has 1 heterocycles. The zero-order chi connectivity index (χ0) is 24.3. The molecular weight excluding hydrogens is 446 g/mol. The van der Waals surface area contributed by atoms with E-state index in [2.05, 4.69) is 10.6 Å². The van der Waals surface area contributed by atoms with Gasteiger partial charge in [0.05, 0.1) is 5.75 Å². The van der Waals surface area contributed by atoms with E-state index in [0.717, 1.165) is 11.1 Å². The number of para-hydroxylation sites is 1. The summed E-state index contributed by atoms with van der Waals surface area (Å²) < 4.78 is 0. The fourth-order valence-corrected chi connectivity index (χ4v) is 4.95. The van der Waals surface area contributed by atoms with Crippen molar-refractivity contribution in [3.8, 4) is 0 Å². The number of aryl methyl sites for hydroxylation is 1. The Hall–Kier alpha value is -3.58. The van der Waals surface area contributed by atoms with Gasteiger partial charge in [0.15, 0.2) is 0 Å². The van der Waals surface area contributed by atoms with Gasteiger partial charge in [0.1, 0.15) is 10.9 Å². The van der Waals surface area contributed by atoms with Crippen molar-refractivity contribution in [2.75, 3.05) is 16.0 Å². The molecule has 0 bridgehead atoms. The second-order valence-electron chi connectivity index (χ2n) is 8.74. The van der Waals surface area contributed by atoms with Gasteiger partial charge < -0.3 is 10.6 Å². The number of benzene rings is 3. The molecule has 0 aliphatic carbocycles. The molecule has 1 saturated heterocycles. The first-order valence-electron chi connectivity index (χ1n) is 11.0. The molecule has 0 unspecified atom stereocenters. The minimum Gasteiger partial charge on any atom is -0.338 e. The van der Waals surface area contributed by atoms with Gasteiger partial charge in [-0.15, -0.1) is 11.8 Å². The van der Waals surface area contributed by atoms with E-state index in [-0.39, 0.29) is 23.1 Å². The van der Waals surface area contributed by atoms with E-state index in [4.69, 9.17) is 0 Å². The first-order chi connectivity index (χ1) is 16.3. The van der Waals surface area contributed by atoms with Crippen molar-refractivity contribution in [3.05, 3.63) is 95.6 Å². The lowest BCUT2D eigenvalue weighted by Gasteiger charge is -2.27. The predicted molar refractivity (Wildman–Crippen MR) is 137 cm³/mol. The van der Waals surface area contributed by atoms with Gasteiger partial charge in [-0.05, 0) is 56.2 Å². The van der Waals surface area contributed by atoms with Crippen molar-refractivity contribution in [1.82, 2.24) is 5.32 Å². The highest BCUT2D eigenvalue weighted by molar-refractivity contribution is 8.00. The van der Waals surface area contributed by atoms with Crippen LogP contribution in [-0.4, -0.2) is 29.0 Å². The summed E-state index contributed by atoms with van der Waals surface area (Å²) in [4.78, 5) is 40.4. The van der Waals surface area contributed by atoms with Gasteiger partial charge in [0.25, 0.3) is 5.91 Å². The summed E-state index contributed by atoms with van der Waals surface area (Å²) in [5.74, 6) is -0.333. The number of thioether (sulfide) groups is 1. The largest absolute Gasteiger partial charge is 0.338 e. The normalized spacial score (nSPS) is 15.8. The fraction of sp³-hybridized carbons (Fsp3) is 0.222. The van der Waals surface area contributed by atoms with Crippen LogP contribution in [0.25, 0.3) is 0 Å². The number of amides is 3. The van der Waals surface area contributed by atoms with Crippen LogP contribution in [0.1, 0.15) is 40.7 Å². The Kier molecular flexibility index (Phi) is 6.75. The van der Waals surface area contributed by atoms with Crippen LogP contribution < -0.4 is 15.5 Å². The van der Waals surface area contributed by atoms with Crippen LogP contribution in [0, 0.1) is 6.92 Å². The third-order valence-electron chi connectivity index (χ3n) is 5.73. The summed E-state index contributed by atoms with van der Waals surface area (Å²) in [5.41, 5.74) is 2.55. The molecule has 0 radical (unpaired) electrons. The number of hydrogen-bond donors (Lipinski definition) is 2. The monoisotopic (exact) mass is 473 g/mol. The number of nitrogens with zero attached hydrogens (tertiary/aromatic N) is 1. The maximum Gasteiger partial charge on any atom is 0.252 e. The quantitative estimate of drug-likeness (QED) is 0.533. The first kappa shape index (κ1) is 23.6. The number of carbonyl (C=O) groups excluding carboxylic acids is 3. The molecule has 7 heteroatoms. The fourth-order valence-electron chi connectivity index (χ4n) is 3.77. The van der Waals surface area contributed by atoms with Crippen LogP contribution >= 0.6 is 11.8 Å². The molecule has 0 saturated carbocycles. The molecule has 3 aromatic rings. The maximum atomic E-state index is 13.1. The highest BCUT2D eigenvalue weighted by atomic mass is 32.2. The summed E-state index contributed by atoms with van der Waals surface area (Å²) >= 11 is 1.56. The van der Waals surface area contributed by atoms with Gasteiger partial charge in [-0.3, -0.25) is 19.3 Å². The highest BCUT2D eigenvalue weighted by Gasteiger charge is 2.35. The lowest BCUT2D eigenvalue weighted by atomic mass is 10.0. The van der Waals surface area contributed by atoms with E-state index in [0.29, 0.717) is 22.7 Å². The molecule has 34 heavy (non-hydrogen) atoms. The van der Waals surface area contributed by atoms with Gasteiger partial charge >= 0.3 is 0 Å². The van der Waals surface area contributed by atoms with Crippen molar-refractivity contribution in [3.63, 3.8) is 0 Å². The highest BCUT2D eigenvalue weighted by Crippen LogP contribution is 2.41. The van der Waals surface area contributed by atoms with Gasteiger partial charge in [-0.1, -0.05) is 54.6 Å². The van der Waals surface area contributed by atoms with Crippen molar-refractivity contribution in [2.45, 2.75) is 31.7 Å². The van der Waals surface area contributed by atoms with Gasteiger partial charge in [-0.2, -0.15) is 0 Å². The van der Waals surface area contributed by atoms with Crippen LogP contribution in [0.3, 0.4) is 0 Å². The number of anilines is 2. The Balaban J connectivity index is 1.52. The van der Waals surface area contributed by atoms with Crippen LogP contribution in [-0.2, 0) is 9.59 Å². The Bertz CT molecular complexity index is 1230. The molecule has 2 N–H and O–H groups in total. The summed E-state index contributed by atoms with van der Waals surface area (Å²) in [5, 5.41) is 5.56. The summed E-state index contributed by atoms with van der Waals surface area (Å²) in [6, 6.07) is 24.3. The zero-order valence-electron chi connectivity index (χ0n) is 19.4. The standard InChI is InChI=1S/C27H27N3O3S/c1-18-10-7-8-15-22(18)28-26(33)27(2,3)29-24(32)20-13-9-14-21(16-20)30-23(31)17-34-25(30)19-11-5-4-6-12-19/h4-16,25H,17H2,1-3H3,(H,28,33)(H,29,32)/t25-/m1/s1. The number of carbonyl (C=O) groups is 3. The number of nitrogens with one attached hydrogen (secondary N) is 2. The van der Waals surface area contributed by atoms with Crippen molar-refractivity contribution >= 4 is 40.9 Å². The van der Waals surface area contributed by atoms with Gasteiger partial charge in [-0.25, -0.2) is 0 Å². The molecular formula is C27H27N3O3S. The van der Waals surface area contributed by atoms with Crippen LogP contribution in [0.4, 0.5) is 11.4 Å². The maximum absolute atomic E-state index is 13.1. The van der Waals surface area contributed by atoms with Crippen molar-refractivity contribution in [2.24, 2.45) is 0 Å².